The molecule has 0 aliphatic heterocycles. The molecule has 0 bridgehead atoms. The number of hydrogen-bond donors (Lipinski definition) is 1. The van der Waals surface area contributed by atoms with E-state index in [1.807, 2.05) is 13.0 Å². The van der Waals surface area contributed by atoms with E-state index in [0.29, 0.717) is 23.0 Å². The predicted molar refractivity (Wildman–Crippen MR) is 95.2 cm³/mol. The van der Waals surface area contributed by atoms with Gasteiger partial charge in [0.05, 0.1) is 17.7 Å². The van der Waals surface area contributed by atoms with Crippen molar-refractivity contribution in [1.29, 1.82) is 0 Å². The quantitative estimate of drug-likeness (QED) is 0.751. The number of rotatable bonds is 5. The summed E-state index contributed by atoms with van der Waals surface area (Å²) < 4.78 is 38.2. The molecular formula is C18H18N2O4S. The van der Waals surface area contributed by atoms with Crippen LogP contribution in [0.2, 0.25) is 0 Å². The normalized spacial score (nSPS) is 11.3. The second-order valence-electron chi connectivity index (χ2n) is 5.59. The minimum Gasteiger partial charge on any atom is -0.495 e. The summed E-state index contributed by atoms with van der Waals surface area (Å²) in [5, 5.41) is 0. The van der Waals surface area contributed by atoms with Gasteiger partial charge in [0.2, 0.25) is 0 Å². The lowest BCUT2D eigenvalue weighted by Crippen LogP contribution is -2.13. The van der Waals surface area contributed by atoms with E-state index in [-0.39, 0.29) is 4.90 Å². The number of oxazole rings is 1. The van der Waals surface area contributed by atoms with Crippen molar-refractivity contribution in [2.45, 2.75) is 18.7 Å². The van der Waals surface area contributed by atoms with Gasteiger partial charge in [0.1, 0.15) is 17.7 Å². The van der Waals surface area contributed by atoms with Crippen LogP contribution in [0, 0.1) is 13.8 Å². The van der Waals surface area contributed by atoms with Crippen LogP contribution in [0.3, 0.4) is 0 Å². The Morgan fingerprint density at radius 1 is 1.08 bits per heavy atom. The minimum absolute atomic E-state index is 0.152. The molecule has 25 heavy (non-hydrogen) atoms. The number of aromatic nitrogens is 1. The van der Waals surface area contributed by atoms with Crippen molar-refractivity contribution in [2.24, 2.45) is 0 Å². The lowest BCUT2D eigenvalue weighted by molar-refractivity contribution is 0.416. The van der Waals surface area contributed by atoms with Crippen molar-refractivity contribution in [3.05, 3.63) is 60.2 Å². The molecule has 0 aliphatic rings. The molecule has 3 aromatic rings. The van der Waals surface area contributed by atoms with Crippen LogP contribution < -0.4 is 9.46 Å². The van der Waals surface area contributed by atoms with Crippen molar-refractivity contribution in [2.75, 3.05) is 11.8 Å². The maximum atomic E-state index is 12.6. The highest BCUT2D eigenvalue weighted by molar-refractivity contribution is 7.92. The first-order valence-electron chi connectivity index (χ1n) is 7.59. The summed E-state index contributed by atoms with van der Waals surface area (Å²) in [6.07, 6.45) is 1.54. The van der Waals surface area contributed by atoms with Crippen LogP contribution in [0.1, 0.15) is 11.5 Å². The van der Waals surface area contributed by atoms with Crippen LogP contribution in [0.4, 0.5) is 5.69 Å². The average molecular weight is 358 g/mol. The molecule has 0 unspecified atom stereocenters. The lowest BCUT2D eigenvalue weighted by Gasteiger charge is -2.12. The fourth-order valence-corrected chi connectivity index (χ4v) is 3.46. The van der Waals surface area contributed by atoms with Gasteiger partial charge in [-0.3, -0.25) is 4.72 Å². The number of nitrogens with zero attached hydrogens (tertiary/aromatic N) is 1. The molecule has 1 heterocycles. The number of hydrogen-bond acceptors (Lipinski definition) is 5. The molecule has 130 valence electrons. The van der Waals surface area contributed by atoms with Gasteiger partial charge in [-0.15, -0.1) is 0 Å². The van der Waals surface area contributed by atoms with Gasteiger partial charge in [-0.05, 0) is 36.8 Å². The van der Waals surface area contributed by atoms with Crippen LogP contribution in [0.5, 0.6) is 5.75 Å². The summed E-state index contributed by atoms with van der Waals surface area (Å²) in [4.78, 5) is 4.38. The van der Waals surface area contributed by atoms with Gasteiger partial charge in [0.15, 0.2) is 5.89 Å². The fraction of sp³-hybridized carbons (Fsp3) is 0.167. The molecule has 0 saturated heterocycles. The van der Waals surface area contributed by atoms with Gasteiger partial charge in [-0.25, -0.2) is 13.4 Å². The molecule has 0 aliphatic carbocycles. The van der Waals surface area contributed by atoms with E-state index < -0.39 is 10.0 Å². The molecule has 0 saturated carbocycles. The van der Waals surface area contributed by atoms with Gasteiger partial charge in [0.25, 0.3) is 10.0 Å². The molecule has 0 radical (unpaired) electrons. The van der Waals surface area contributed by atoms with E-state index in [9.17, 15) is 8.42 Å². The number of sulfonamides is 1. The first-order valence-corrected chi connectivity index (χ1v) is 9.07. The zero-order chi connectivity index (χ0) is 18.0. The summed E-state index contributed by atoms with van der Waals surface area (Å²) in [5.74, 6) is 1.03. The summed E-state index contributed by atoms with van der Waals surface area (Å²) >= 11 is 0. The van der Waals surface area contributed by atoms with Gasteiger partial charge in [0, 0.05) is 12.5 Å². The summed E-state index contributed by atoms with van der Waals surface area (Å²) in [6, 6.07) is 11.7. The Hall–Kier alpha value is -2.80. The average Bonchev–Trinajstić information content (AvgIpc) is 3.03. The molecule has 0 amide bonds. The first-order chi connectivity index (χ1) is 11.9. The van der Waals surface area contributed by atoms with E-state index in [1.165, 1.54) is 25.5 Å². The molecule has 7 heteroatoms. The Kier molecular flexibility index (Phi) is 4.50. The molecule has 0 fully saturated rings. The van der Waals surface area contributed by atoms with Gasteiger partial charge in [-0.1, -0.05) is 18.2 Å². The second kappa shape index (κ2) is 6.60. The highest BCUT2D eigenvalue weighted by Gasteiger charge is 2.17. The molecule has 3 rings (SSSR count). The van der Waals surface area contributed by atoms with Gasteiger partial charge >= 0.3 is 0 Å². The van der Waals surface area contributed by atoms with E-state index >= 15 is 0 Å². The molecule has 1 N–H and O–H groups in total. The molecular weight excluding hydrogens is 340 g/mol. The number of nitrogens with one attached hydrogen (secondary N) is 1. The Balaban J connectivity index is 1.88. The van der Waals surface area contributed by atoms with Crippen molar-refractivity contribution >= 4 is 15.7 Å². The standard InChI is InChI=1S/C18H18N2O4S/c1-12-4-9-16(18(10-12)23-3)20-25(21,22)15-7-5-14(6-8-15)17-11-24-13(2)19-17/h4-11,20H,1-3H3. The SMILES string of the molecule is COc1cc(C)ccc1NS(=O)(=O)c1ccc(-c2coc(C)n2)cc1. The smallest absolute Gasteiger partial charge is 0.262 e. The highest BCUT2D eigenvalue weighted by atomic mass is 32.2. The van der Waals surface area contributed by atoms with Crippen molar-refractivity contribution < 1.29 is 17.6 Å². The lowest BCUT2D eigenvalue weighted by atomic mass is 10.2. The third-order valence-corrected chi connectivity index (χ3v) is 5.06. The number of methoxy groups -OCH3 is 1. The van der Waals surface area contributed by atoms with Crippen LogP contribution in [-0.4, -0.2) is 20.5 Å². The van der Waals surface area contributed by atoms with Crippen molar-refractivity contribution in [3.8, 4) is 17.0 Å². The predicted octanol–water partition coefficient (Wildman–Crippen LogP) is 3.77. The highest BCUT2D eigenvalue weighted by Crippen LogP contribution is 2.28. The molecule has 0 spiro atoms. The van der Waals surface area contributed by atoms with Gasteiger partial charge < -0.3 is 9.15 Å². The Morgan fingerprint density at radius 2 is 1.80 bits per heavy atom. The van der Waals surface area contributed by atoms with E-state index in [2.05, 4.69) is 9.71 Å². The van der Waals surface area contributed by atoms with Crippen molar-refractivity contribution in [3.63, 3.8) is 0 Å². The van der Waals surface area contributed by atoms with E-state index in [1.54, 1.807) is 31.2 Å². The van der Waals surface area contributed by atoms with E-state index in [4.69, 9.17) is 9.15 Å². The maximum Gasteiger partial charge on any atom is 0.262 e. The van der Waals surface area contributed by atoms with Crippen LogP contribution >= 0.6 is 0 Å². The zero-order valence-electron chi connectivity index (χ0n) is 14.1. The first kappa shape index (κ1) is 17.0. The molecule has 1 aromatic heterocycles. The fourth-order valence-electron chi connectivity index (χ4n) is 2.39. The van der Waals surface area contributed by atoms with Gasteiger partial charge in [-0.2, -0.15) is 0 Å². The topological polar surface area (TPSA) is 81.4 Å². The third-order valence-electron chi connectivity index (χ3n) is 3.68. The van der Waals surface area contributed by atoms with Crippen LogP contribution in [0.15, 0.2) is 58.0 Å². The monoisotopic (exact) mass is 358 g/mol. The number of benzene rings is 2. The Labute approximate surface area is 146 Å². The number of aryl methyl sites for hydroxylation is 2. The Morgan fingerprint density at radius 3 is 2.40 bits per heavy atom. The number of ether oxygens (including phenoxy) is 1. The van der Waals surface area contributed by atoms with Crippen LogP contribution in [-0.2, 0) is 10.0 Å². The Bertz CT molecular complexity index is 992. The minimum atomic E-state index is -3.73. The summed E-state index contributed by atoms with van der Waals surface area (Å²) in [7, 11) is -2.23. The summed E-state index contributed by atoms with van der Waals surface area (Å²) in [5.41, 5.74) is 2.81. The maximum absolute atomic E-state index is 12.6. The number of anilines is 1. The molecule has 0 atom stereocenters. The molecule has 2 aromatic carbocycles. The van der Waals surface area contributed by atoms with E-state index in [0.717, 1.165) is 11.1 Å². The third kappa shape index (κ3) is 3.66. The zero-order valence-corrected chi connectivity index (χ0v) is 14.9. The summed E-state index contributed by atoms with van der Waals surface area (Å²) in [6.45, 7) is 3.66. The van der Waals surface area contributed by atoms with Crippen LogP contribution in [0.25, 0.3) is 11.3 Å². The second-order valence-corrected chi connectivity index (χ2v) is 7.27. The molecule has 6 nitrogen and oxygen atoms in total. The van der Waals surface area contributed by atoms with Crippen molar-refractivity contribution in [1.82, 2.24) is 4.98 Å². The largest absolute Gasteiger partial charge is 0.495 e.